The fourth-order valence-electron chi connectivity index (χ4n) is 2.96. The number of ether oxygens (including phenoxy) is 1. The van der Waals surface area contributed by atoms with E-state index in [1.807, 2.05) is 48.9 Å². The van der Waals surface area contributed by atoms with Crippen molar-refractivity contribution >= 4 is 6.03 Å². The van der Waals surface area contributed by atoms with Gasteiger partial charge in [0.1, 0.15) is 0 Å². The molecular formula is C18H24N4O2. The van der Waals surface area contributed by atoms with Gasteiger partial charge in [0.25, 0.3) is 0 Å². The summed E-state index contributed by atoms with van der Waals surface area (Å²) in [5, 5.41) is 10.4. The summed E-state index contributed by atoms with van der Waals surface area (Å²) in [5.41, 5.74) is 4.05. The molecule has 1 saturated heterocycles. The number of rotatable bonds is 5. The zero-order valence-electron chi connectivity index (χ0n) is 14.2. The molecule has 2 N–H and O–H groups in total. The maximum absolute atomic E-state index is 12.0. The topological polar surface area (TPSA) is 68.2 Å². The molecule has 1 aliphatic rings. The van der Waals surface area contributed by atoms with E-state index in [9.17, 15) is 4.79 Å². The zero-order chi connectivity index (χ0) is 16.9. The minimum absolute atomic E-state index is 0.145. The SMILES string of the molecule is Cc1nn(-c2ccccc2)c(C)c1CNC(=O)NCC1CCOC1. The van der Waals surface area contributed by atoms with Gasteiger partial charge in [0.2, 0.25) is 0 Å². The molecule has 128 valence electrons. The van der Waals surface area contributed by atoms with E-state index in [2.05, 4.69) is 15.7 Å². The molecule has 0 spiro atoms. The second-order valence-corrected chi connectivity index (χ2v) is 6.19. The van der Waals surface area contributed by atoms with E-state index in [-0.39, 0.29) is 6.03 Å². The summed E-state index contributed by atoms with van der Waals surface area (Å²) in [6, 6.07) is 9.86. The molecule has 2 aromatic rings. The van der Waals surface area contributed by atoms with Gasteiger partial charge in [-0.3, -0.25) is 0 Å². The van der Waals surface area contributed by atoms with Crippen molar-refractivity contribution in [3.05, 3.63) is 47.3 Å². The molecule has 1 unspecified atom stereocenters. The van der Waals surface area contributed by atoms with Crippen molar-refractivity contribution < 1.29 is 9.53 Å². The van der Waals surface area contributed by atoms with Crippen molar-refractivity contribution in [2.75, 3.05) is 19.8 Å². The lowest BCUT2D eigenvalue weighted by molar-refractivity contribution is 0.185. The van der Waals surface area contributed by atoms with E-state index in [1.165, 1.54) is 0 Å². The third-order valence-electron chi connectivity index (χ3n) is 4.44. The summed E-state index contributed by atoms with van der Waals surface area (Å²) < 4.78 is 7.23. The number of benzene rings is 1. The number of hydrogen-bond donors (Lipinski definition) is 2. The third kappa shape index (κ3) is 3.76. The number of amides is 2. The average Bonchev–Trinajstić information content (AvgIpc) is 3.21. The first-order valence-corrected chi connectivity index (χ1v) is 8.35. The van der Waals surface area contributed by atoms with Gasteiger partial charge in [-0.05, 0) is 32.4 Å². The Kier molecular flexibility index (Phi) is 5.15. The van der Waals surface area contributed by atoms with Gasteiger partial charge < -0.3 is 15.4 Å². The summed E-state index contributed by atoms with van der Waals surface area (Å²) >= 11 is 0. The molecule has 0 radical (unpaired) electrons. The van der Waals surface area contributed by atoms with Crippen LogP contribution in [0.1, 0.15) is 23.4 Å². The molecule has 1 fully saturated rings. The first-order chi connectivity index (χ1) is 11.6. The highest BCUT2D eigenvalue weighted by atomic mass is 16.5. The summed E-state index contributed by atoms with van der Waals surface area (Å²) in [5.74, 6) is 0.431. The van der Waals surface area contributed by atoms with Crippen molar-refractivity contribution in [1.82, 2.24) is 20.4 Å². The molecule has 1 aliphatic heterocycles. The normalized spacial score (nSPS) is 17.0. The molecule has 6 heteroatoms. The number of carbonyl (C=O) groups excluding carboxylic acids is 1. The summed E-state index contributed by atoms with van der Waals surface area (Å²) in [4.78, 5) is 12.0. The van der Waals surface area contributed by atoms with E-state index in [0.717, 1.165) is 42.3 Å². The maximum Gasteiger partial charge on any atom is 0.315 e. The van der Waals surface area contributed by atoms with Crippen LogP contribution in [0.25, 0.3) is 5.69 Å². The van der Waals surface area contributed by atoms with Crippen LogP contribution in [0.2, 0.25) is 0 Å². The van der Waals surface area contributed by atoms with Gasteiger partial charge in [0.15, 0.2) is 0 Å². The van der Waals surface area contributed by atoms with Gasteiger partial charge >= 0.3 is 6.03 Å². The van der Waals surface area contributed by atoms with Gasteiger partial charge in [-0.1, -0.05) is 18.2 Å². The molecule has 0 saturated carbocycles. The Morgan fingerprint density at radius 3 is 2.79 bits per heavy atom. The lowest BCUT2D eigenvalue weighted by atomic mass is 10.1. The molecule has 3 rings (SSSR count). The fraction of sp³-hybridized carbons (Fsp3) is 0.444. The first kappa shape index (κ1) is 16.5. The van der Waals surface area contributed by atoms with Crippen LogP contribution in [-0.2, 0) is 11.3 Å². The van der Waals surface area contributed by atoms with Gasteiger partial charge in [0.05, 0.1) is 18.0 Å². The number of carbonyl (C=O) groups is 1. The molecule has 2 heterocycles. The van der Waals surface area contributed by atoms with Crippen LogP contribution in [0.15, 0.2) is 30.3 Å². The third-order valence-corrected chi connectivity index (χ3v) is 4.44. The molecule has 2 amide bonds. The fourth-order valence-corrected chi connectivity index (χ4v) is 2.96. The highest BCUT2D eigenvalue weighted by Gasteiger charge is 2.17. The van der Waals surface area contributed by atoms with Crippen LogP contribution in [0.3, 0.4) is 0 Å². The number of urea groups is 1. The number of nitrogens with zero attached hydrogens (tertiary/aromatic N) is 2. The molecule has 24 heavy (non-hydrogen) atoms. The van der Waals surface area contributed by atoms with Crippen LogP contribution in [0.5, 0.6) is 0 Å². The number of nitrogens with one attached hydrogen (secondary N) is 2. The van der Waals surface area contributed by atoms with E-state index >= 15 is 0 Å². The van der Waals surface area contributed by atoms with Gasteiger partial charge in [0, 0.05) is 36.9 Å². The standard InChI is InChI=1S/C18H24N4O2/c1-13-17(11-20-18(23)19-10-15-8-9-24-12-15)14(2)22(21-13)16-6-4-3-5-7-16/h3-7,15H,8-12H2,1-2H3,(H2,19,20,23). The summed E-state index contributed by atoms with van der Waals surface area (Å²) in [7, 11) is 0. The largest absolute Gasteiger partial charge is 0.381 e. The molecule has 0 bridgehead atoms. The molecule has 6 nitrogen and oxygen atoms in total. The Bertz CT molecular complexity index is 691. The smallest absolute Gasteiger partial charge is 0.315 e. The van der Waals surface area contributed by atoms with Crippen molar-refractivity contribution in [3.8, 4) is 5.69 Å². The highest BCUT2D eigenvalue weighted by molar-refractivity contribution is 5.73. The molecule has 1 aromatic heterocycles. The Labute approximate surface area is 142 Å². The molecule has 0 aliphatic carbocycles. The summed E-state index contributed by atoms with van der Waals surface area (Å²) in [6.45, 7) is 6.66. The Hall–Kier alpha value is -2.34. The van der Waals surface area contributed by atoms with Crippen LogP contribution in [-0.4, -0.2) is 35.6 Å². The van der Waals surface area contributed by atoms with Crippen molar-refractivity contribution in [2.45, 2.75) is 26.8 Å². The first-order valence-electron chi connectivity index (χ1n) is 8.35. The Morgan fingerprint density at radius 2 is 2.08 bits per heavy atom. The second-order valence-electron chi connectivity index (χ2n) is 6.19. The number of hydrogen-bond acceptors (Lipinski definition) is 3. The van der Waals surface area contributed by atoms with Crippen LogP contribution < -0.4 is 10.6 Å². The van der Waals surface area contributed by atoms with Crippen LogP contribution in [0.4, 0.5) is 4.79 Å². The van der Waals surface area contributed by atoms with Crippen LogP contribution >= 0.6 is 0 Å². The van der Waals surface area contributed by atoms with Gasteiger partial charge in [-0.2, -0.15) is 5.10 Å². The van der Waals surface area contributed by atoms with Gasteiger partial charge in [-0.15, -0.1) is 0 Å². The highest BCUT2D eigenvalue weighted by Crippen LogP contribution is 2.17. The average molecular weight is 328 g/mol. The number of para-hydroxylation sites is 1. The minimum atomic E-state index is -0.145. The lowest BCUT2D eigenvalue weighted by Gasteiger charge is -2.11. The predicted octanol–water partition coefficient (Wildman–Crippen LogP) is 2.32. The molecular weight excluding hydrogens is 304 g/mol. The minimum Gasteiger partial charge on any atom is -0.381 e. The number of aromatic nitrogens is 2. The van der Waals surface area contributed by atoms with E-state index in [4.69, 9.17) is 4.74 Å². The second kappa shape index (κ2) is 7.49. The summed E-state index contributed by atoms with van der Waals surface area (Å²) in [6.07, 6.45) is 1.02. The van der Waals surface area contributed by atoms with Crippen LogP contribution in [0, 0.1) is 19.8 Å². The lowest BCUT2D eigenvalue weighted by Crippen LogP contribution is -2.38. The molecule has 1 atom stereocenters. The van der Waals surface area contributed by atoms with Crippen molar-refractivity contribution in [2.24, 2.45) is 5.92 Å². The van der Waals surface area contributed by atoms with Crippen molar-refractivity contribution in [3.63, 3.8) is 0 Å². The van der Waals surface area contributed by atoms with E-state index < -0.39 is 0 Å². The molecule has 1 aromatic carbocycles. The quantitative estimate of drug-likeness (QED) is 0.885. The monoisotopic (exact) mass is 328 g/mol. The van der Waals surface area contributed by atoms with E-state index in [1.54, 1.807) is 0 Å². The predicted molar refractivity (Wildman–Crippen MR) is 92.2 cm³/mol. The van der Waals surface area contributed by atoms with Gasteiger partial charge in [-0.25, -0.2) is 9.48 Å². The Balaban J connectivity index is 1.59. The maximum atomic E-state index is 12.0. The van der Waals surface area contributed by atoms with E-state index in [0.29, 0.717) is 19.0 Å². The number of aryl methyl sites for hydroxylation is 1. The zero-order valence-corrected chi connectivity index (χ0v) is 14.2. The van der Waals surface area contributed by atoms with Crippen molar-refractivity contribution in [1.29, 1.82) is 0 Å². The Morgan fingerprint density at radius 1 is 1.29 bits per heavy atom.